The standard InChI is InChI=1S/C66H125NO10/c1-3-5-7-9-11-13-15-17-19-21-23-25-26-27-28-29-30-31-32-34-36-38-40-42-44-46-48-50-52-54-59(70)65(75)67-57(56-76-66-64(74)63(73)62(72)60(55-68)77-66)61(71)58(69)53-51-49-47-45-43-41-39-37-35-33-24-22-20-18-16-14-12-10-8-6-4-2/h22,24,37,39,45,47,57-64,66,68-74H,3-21,23,25-36,38,40-44,46,48-56H2,1-2H3,(H,67,75)/b24-22+,39-37+,47-45+. The first-order valence-corrected chi connectivity index (χ1v) is 32.9. The van der Waals surface area contributed by atoms with Crippen LogP contribution in [0, 0.1) is 0 Å². The molecule has 0 saturated carbocycles. The number of hydrogen-bond acceptors (Lipinski definition) is 10. The van der Waals surface area contributed by atoms with Crippen LogP contribution in [0.1, 0.15) is 309 Å². The zero-order valence-corrected chi connectivity index (χ0v) is 50.0. The number of rotatable bonds is 57. The van der Waals surface area contributed by atoms with Crippen molar-refractivity contribution in [1.82, 2.24) is 5.32 Å². The summed E-state index contributed by atoms with van der Waals surface area (Å²) in [5.41, 5.74) is 0. The van der Waals surface area contributed by atoms with Gasteiger partial charge in [0.1, 0.15) is 36.6 Å². The van der Waals surface area contributed by atoms with Gasteiger partial charge in [-0.1, -0.05) is 281 Å². The molecule has 77 heavy (non-hydrogen) atoms. The lowest BCUT2D eigenvalue weighted by Crippen LogP contribution is -2.60. The summed E-state index contributed by atoms with van der Waals surface area (Å²) < 4.78 is 11.2. The van der Waals surface area contributed by atoms with Crippen molar-refractivity contribution in [3.05, 3.63) is 36.5 Å². The van der Waals surface area contributed by atoms with E-state index in [0.717, 1.165) is 44.9 Å². The van der Waals surface area contributed by atoms with Crippen LogP contribution in [0.5, 0.6) is 0 Å². The van der Waals surface area contributed by atoms with E-state index in [4.69, 9.17) is 9.47 Å². The van der Waals surface area contributed by atoms with E-state index in [9.17, 15) is 40.5 Å². The van der Waals surface area contributed by atoms with E-state index >= 15 is 0 Å². The van der Waals surface area contributed by atoms with Gasteiger partial charge in [0, 0.05) is 0 Å². The molecule has 0 spiro atoms. The molecule has 0 bridgehead atoms. The highest BCUT2D eigenvalue weighted by Crippen LogP contribution is 2.24. The number of aliphatic hydroxyl groups excluding tert-OH is 7. The van der Waals surface area contributed by atoms with Crippen molar-refractivity contribution in [3.8, 4) is 0 Å². The highest BCUT2D eigenvalue weighted by atomic mass is 16.7. The summed E-state index contributed by atoms with van der Waals surface area (Å²) in [5, 5.41) is 76.3. The second-order valence-electron chi connectivity index (χ2n) is 23.2. The summed E-state index contributed by atoms with van der Waals surface area (Å²) in [5.74, 6) is -0.707. The minimum atomic E-state index is -1.67. The highest BCUT2D eigenvalue weighted by molar-refractivity contribution is 5.80. The van der Waals surface area contributed by atoms with E-state index in [1.807, 2.05) is 0 Å². The zero-order valence-electron chi connectivity index (χ0n) is 50.0. The number of aliphatic hydroxyl groups is 7. The van der Waals surface area contributed by atoms with Crippen LogP contribution in [0.2, 0.25) is 0 Å². The van der Waals surface area contributed by atoms with E-state index < -0.39 is 74.2 Å². The third-order valence-electron chi connectivity index (χ3n) is 15.9. The van der Waals surface area contributed by atoms with E-state index in [1.165, 1.54) is 218 Å². The first-order valence-electron chi connectivity index (χ1n) is 32.9. The van der Waals surface area contributed by atoms with Crippen LogP contribution in [0.3, 0.4) is 0 Å². The molecule has 1 fully saturated rings. The average molecular weight is 1090 g/mol. The third kappa shape index (κ3) is 42.8. The Balaban J connectivity index is 2.25. The van der Waals surface area contributed by atoms with E-state index in [2.05, 4.69) is 55.6 Å². The quantitative estimate of drug-likeness (QED) is 0.0215. The fraction of sp³-hybridized carbons (Fsp3) is 0.894. The van der Waals surface area contributed by atoms with Crippen molar-refractivity contribution in [1.29, 1.82) is 0 Å². The summed E-state index contributed by atoms with van der Waals surface area (Å²) >= 11 is 0. The molecule has 0 aromatic heterocycles. The van der Waals surface area contributed by atoms with Gasteiger partial charge in [0.2, 0.25) is 5.91 Å². The van der Waals surface area contributed by atoms with E-state index in [-0.39, 0.29) is 12.8 Å². The van der Waals surface area contributed by atoms with Crippen molar-refractivity contribution >= 4 is 5.91 Å². The first-order chi connectivity index (χ1) is 37.7. The van der Waals surface area contributed by atoms with Crippen molar-refractivity contribution in [2.45, 2.75) is 364 Å². The Morgan fingerprint density at radius 2 is 0.779 bits per heavy atom. The zero-order chi connectivity index (χ0) is 56.1. The van der Waals surface area contributed by atoms with Gasteiger partial charge in [-0.2, -0.15) is 0 Å². The van der Waals surface area contributed by atoms with Crippen LogP contribution < -0.4 is 5.32 Å². The van der Waals surface area contributed by atoms with Crippen LogP contribution in [0.25, 0.3) is 0 Å². The van der Waals surface area contributed by atoms with Gasteiger partial charge in [-0.05, 0) is 64.2 Å². The molecule has 9 atom stereocenters. The Labute approximate surface area is 473 Å². The van der Waals surface area contributed by atoms with Crippen molar-refractivity contribution in [3.63, 3.8) is 0 Å². The molecule has 11 heteroatoms. The topological polar surface area (TPSA) is 189 Å². The highest BCUT2D eigenvalue weighted by Gasteiger charge is 2.44. The summed E-state index contributed by atoms with van der Waals surface area (Å²) in [6, 6.07) is -1.19. The molecule has 9 unspecified atom stereocenters. The maximum Gasteiger partial charge on any atom is 0.249 e. The Morgan fingerprint density at radius 1 is 0.442 bits per heavy atom. The molecule has 0 radical (unpaired) electrons. The summed E-state index contributed by atoms with van der Waals surface area (Å²) in [6.07, 6.45) is 57.9. The predicted molar refractivity (Wildman–Crippen MR) is 321 cm³/mol. The van der Waals surface area contributed by atoms with E-state index in [0.29, 0.717) is 19.3 Å². The Morgan fingerprint density at radius 3 is 1.16 bits per heavy atom. The molecular formula is C66H125NO10. The van der Waals surface area contributed by atoms with Gasteiger partial charge in [-0.15, -0.1) is 0 Å². The second-order valence-corrected chi connectivity index (χ2v) is 23.2. The monoisotopic (exact) mass is 1090 g/mol. The number of carbonyl (C=O) groups is 1. The largest absolute Gasteiger partial charge is 0.394 e. The van der Waals surface area contributed by atoms with Crippen molar-refractivity contribution in [2.24, 2.45) is 0 Å². The van der Waals surface area contributed by atoms with Gasteiger partial charge < -0.3 is 50.5 Å². The van der Waals surface area contributed by atoms with Gasteiger partial charge in [0.05, 0.1) is 25.4 Å². The molecule has 454 valence electrons. The van der Waals surface area contributed by atoms with E-state index in [1.54, 1.807) is 0 Å². The predicted octanol–water partition coefficient (Wildman–Crippen LogP) is 15.0. The number of allylic oxidation sites excluding steroid dienone is 6. The van der Waals surface area contributed by atoms with Crippen LogP contribution in [-0.2, 0) is 14.3 Å². The van der Waals surface area contributed by atoms with Gasteiger partial charge >= 0.3 is 0 Å². The maximum absolute atomic E-state index is 13.2. The number of hydrogen-bond donors (Lipinski definition) is 8. The molecule has 1 amide bonds. The average Bonchev–Trinajstić information content (AvgIpc) is 3.43. The van der Waals surface area contributed by atoms with Gasteiger partial charge in [0.25, 0.3) is 0 Å². The Kier molecular flexibility index (Phi) is 52.3. The van der Waals surface area contributed by atoms with Crippen LogP contribution in [-0.4, -0.2) is 110 Å². The smallest absolute Gasteiger partial charge is 0.249 e. The summed E-state index contributed by atoms with van der Waals surface area (Å²) in [4.78, 5) is 13.2. The van der Waals surface area contributed by atoms with Crippen molar-refractivity contribution in [2.75, 3.05) is 13.2 Å². The lowest BCUT2D eigenvalue weighted by molar-refractivity contribution is -0.303. The lowest BCUT2D eigenvalue weighted by Gasteiger charge is -2.40. The lowest BCUT2D eigenvalue weighted by atomic mass is 9.98. The minimum absolute atomic E-state index is 0.243. The molecule has 8 N–H and O–H groups in total. The number of unbranched alkanes of at least 4 members (excludes halogenated alkanes) is 39. The number of carbonyl (C=O) groups excluding carboxylic acids is 1. The molecule has 0 aromatic carbocycles. The molecule has 1 aliphatic heterocycles. The molecule has 1 saturated heterocycles. The van der Waals surface area contributed by atoms with Crippen LogP contribution in [0.4, 0.5) is 0 Å². The number of ether oxygens (including phenoxy) is 2. The summed E-state index contributed by atoms with van der Waals surface area (Å²) in [6.45, 7) is 3.47. The Bertz CT molecular complexity index is 1350. The Hall–Kier alpha value is -1.67. The SMILES string of the molecule is CCCCCCCCCC/C=C/CC/C=C/CC/C=C/CCCC(O)C(O)C(COC1OC(CO)C(O)C(O)C1O)NC(=O)C(O)CCCCCCCCCCCCCCCCCCCCCCCCCCCCCCC. The third-order valence-corrected chi connectivity index (χ3v) is 15.9. The second kappa shape index (κ2) is 54.9. The molecule has 0 aromatic rings. The number of amides is 1. The van der Waals surface area contributed by atoms with Crippen LogP contribution in [0.15, 0.2) is 36.5 Å². The van der Waals surface area contributed by atoms with Gasteiger partial charge in [0.15, 0.2) is 6.29 Å². The minimum Gasteiger partial charge on any atom is -0.394 e. The van der Waals surface area contributed by atoms with Gasteiger partial charge in [-0.25, -0.2) is 0 Å². The maximum atomic E-state index is 13.2. The fourth-order valence-electron chi connectivity index (χ4n) is 10.6. The fourth-order valence-corrected chi connectivity index (χ4v) is 10.6. The molecule has 1 heterocycles. The first kappa shape index (κ1) is 73.3. The molecular weight excluding hydrogens is 967 g/mol. The normalized spacial score (nSPS) is 19.7. The molecule has 1 rings (SSSR count). The van der Waals surface area contributed by atoms with Crippen molar-refractivity contribution < 1.29 is 50.0 Å². The molecule has 11 nitrogen and oxygen atoms in total. The summed E-state index contributed by atoms with van der Waals surface area (Å²) in [7, 11) is 0. The number of nitrogens with one attached hydrogen (secondary N) is 1. The molecule has 0 aliphatic carbocycles. The van der Waals surface area contributed by atoms with Gasteiger partial charge in [-0.3, -0.25) is 4.79 Å². The van der Waals surface area contributed by atoms with Crippen LogP contribution >= 0.6 is 0 Å². The molecule has 1 aliphatic rings.